The summed E-state index contributed by atoms with van der Waals surface area (Å²) in [7, 11) is 4.70. The highest BCUT2D eigenvalue weighted by atomic mass is 35.5. The van der Waals surface area contributed by atoms with Gasteiger partial charge in [-0.15, -0.1) is 11.6 Å². The van der Waals surface area contributed by atoms with Gasteiger partial charge in [0.15, 0.2) is 0 Å². The van der Waals surface area contributed by atoms with Crippen LogP contribution in [0.5, 0.6) is 0 Å². The molecule has 3 aliphatic heterocycles. The first-order valence-electron chi connectivity index (χ1n) is 20.2. The van der Waals surface area contributed by atoms with E-state index < -0.39 is 77.8 Å². The molecule has 0 aromatic carbocycles. The molecule has 3 fully saturated rings. The molecule has 312 valence electrons. The molecule has 0 aromatic heterocycles. The second-order valence-electron chi connectivity index (χ2n) is 16.9. The standard InChI is InChI=1S/C42H66ClNO11/c1-23-16-24(2)18-35(52-8)38-36(53-9)20-27(5)42(50,55-38)39(47)40(48)44-15-11-10-12-31(44)41(49)54-37(28(6)33(46)22-32(45)25(3)17-23)26(4)19-29-13-14-30(43)34(21-29)51-7/h17,19,24-25,27-31,33-38,46,50H,10-16,18,20-22H2,1-9H3/b23-17+,26-19+/t24-,25+,27+,28+,29-,30-,31-,33-,34+,35-,36-,37+,38+,42+/m0/s1. The number of carbonyl (C=O) groups excluding carboxylic acids is 4. The highest BCUT2D eigenvalue weighted by Gasteiger charge is 2.56. The summed E-state index contributed by atoms with van der Waals surface area (Å²) in [5.41, 5.74) is 1.69. The molecule has 2 N–H and O–H groups in total. The molecule has 55 heavy (non-hydrogen) atoms. The normalized spacial score (nSPS) is 42.1. The minimum absolute atomic E-state index is 0.0422. The number of cyclic esters (lactones) is 1. The van der Waals surface area contributed by atoms with E-state index in [1.54, 1.807) is 21.0 Å². The Labute approximate surface area is 332 Å². The fourth-order valence-corrected chi connectivity index (χ4v) is 9.46. The lowest BCUT2D eigenvalue weighted by Gasteiger charge is -2.47. The Kier molecular flexibility index (Phi) is 16.5. The predicted molar refractivity (Wildman–Crippen MR) is 207 cm³/mol. The zero-order valence-corrected chi connectivity index (χ0v) is 35.1. The summed E-state index contributed by atoms with van der Waals surface area (Å²) < 4.78 is 29.8. The Balaban J connectivity index is 1.75. The highest BCUT2D eigenvalue weighted by Crippen LogP contribution is 2.39. The van der Waals surface area contributed by atoms with Crippen LogP contribution in [0.1, 0.15) is 106 Å². The third kappa shape index (κ3) is 10.9. The number of aliphatic hydroxyl groups is 2. The number of ether oxygens (including phenoxy) is 5. The number of ketones is 2. The van der Waals surface area contributed by atoms with Crippen molar-refractivity contribution in [3.63, 3.8) is 0 Å². The largest absolute Gasteiger partial charge is 0.456 e. The minimum Gasteiger partial charge on any atom is -0.456 e. The second-order valence-corrected chi connectivity index (χ2v) is 17.4. The van der Waals surface area contributed by atoms with Crippen LogP contribution in [-0.2, 0) is 42.9 Å². The van der Waals surface area contributed by atoms with E-state index in [1.807, 2.05) is 39.8 Å². The molecular weight excluding hydrogens is 730 g/mol. The lowest BCUT2D eigenvalue weighted by atomic mass is 9.82. The highest BCUT2D eigenvalue weighted by molar-refractivity contribution is 6.39. The lowest BCUT2D eigenvalue weighted by molar-refractivity contribution is -0.302. The van der Waals surface area contributed by atoms with Gasteiger partial charge in [-0.25, -0.2) is 4.79 Å². The number of amides is 1. The van der Waals surface area contributed by atoms with Crippen molar-refractivity contribution in [2.45, 2.75) is 160 Å². The van der Waals surface area contributed by atoms with Crippen molar-refractivity contribution in [2.24, 2.45) is 29.6 Å². The summed E-state index contributed by atoms with van der Waals surface area (Å²) in [6.07, 6.45) is 4.53. The van der Waals surface area contributed by atoms with Crippen LogP contribution in [0.4, 0.5) is 0 Å². The number of alkyl halides is 1. The maximum absolute atomic E-state index is 14.2. The smallest absolute Gasteiger partial charge is 0.329 e. The Bertz CT molecular complexity index is 1420. The number of aliphatic hydroxyl groups excluding tert-OH is 1. The van der Waals surface area contributed by atoms with Gasteiger partial charge in [-0.2, -0.15) is 0 Å². The quantitative estimate of drug-likeness (QED) is 0.161. The fourth-order valence-electron chi connectivity index (χ4n) is 9.13. The predicted octanol–water partition coefficient (Wildman–Crippen LogP) is 5.33. The molecule has 2 saturated heterocycles. The minimum atomic E-state index is -2.49. The first-order valence-corrected chi connectivity index (χ1v) is 20.6. The van der Waals surface area contributed by atoms with E-state index in [-0.39, 0.29) is 54.9 Å². The summed E-state index contributed by atoms with van der Waals surface area (Å²) in [6.45, 7) is 11.2. The lowest BCUT2D eigenvalue weighted by Crippen LogP contribution is -2.64. The van der Waals surface area contributed by atoms with E-state index >= 15 is 0 Å². The van der Waals surface area contributed by atoms with Crippen molar-refractivity contribution < 1.29 is 53.1 Å². The molecule has 1 amide bonds. The van der Waals surface area contributed by atoms with Crippen LogP contribution < -0.4 is 0 Å². The van der Waals surface area contributed by atoms with E-state index in [1.165, 1.54) is 19.1 Å². The van der Waals surface area contributed by atoms with Gasteiger partial charge in [0.05, 0.1) is 29.8 Å². The number of halogens is 1. The first kappa shape index (κ1) is 45.5. The van der Waals surface area contributed by atoms with Gasteiger partial charge in [-0.1, -0.05) is 45.4 Å². The van der Waals surface area contributed by atoms with Crippen molar-refractivity contribution >= 4 is 35.0 Å². The van der Waals surface area contributed by atoms with Gasteiger partial charge >= 0.3 is 5.97 Å². The molecule has 2 bridgehead atoms. The van der Waals surface area contributed by atoms with Gasteiger partial charge in [0.2, 0.25) is 5.79 Å². The van der Waals surface area contributed by atoms with E-state index in [9.17, 15) is 29.4 Å². The SMILES string of the molecule is CO[C@H]1C[C@@H](C)C/C(C)=C/[C@@H](C)C(=O)C[C@H](O)[C@@H](C)[C@@H](/C(C)=C/[C@@H]2CC[C@H](Cl)[C@H](OC)C2)OC(=O)[C@@H]2CCCCN2C(=O)C(=O)[C@]2(O)O[C@H]1[C@@H](OC)C[C@H]2C. The van der Waals surface area contributed by atoms with Crippen molar-refractivity contribution in [1.29, 1.82) is 0 Å². The number of esters is 1. The van der Waals surface area contributed by atoms with Gasteiger partial charge < -0.3 is 38.8 Å². The van der Waals surface area contributed by atoms with E-state index in [0.717, 1.165) is 18.4 Å². The van der Waals surface area contributed by atoms with E-state index in [4.69, 9.17) is 35.3 Å². The zero-order valence-electron chi connectivity index (χ0n) is 34.3. The zero-order chi connectivity index (χ0) is 40.8. The molecule has 13 heteroatoms. The van der Waals surface area contributed by atoms with Crippen molar-refractivity contribution in [2.75, 3.05) is 27.9 Å². The van der Waals surface area contributed by atoms with Gasteiger partial charge in [0, 0.05) is 52.0 Å². The third-order valence-electron chi connectivity index (χ3n) is 12.6. The Morgan fingerprint density at radius 1 is 0.927 bits per heavy atom. The summed E-state index contributed by atoms with van der Waals surface area (Å²) in [4.78, 5) is 57.4. The topological polar surface area (TPSA) is 158 Å². The molecule has 12 nitrogen and oxygen atoms in total. The number of hydrogen-bond acceptors (Lipinski definition) is 11. The molecule has 4 rings (SSSR count). The fraction of sp³-hybridized carbons (Fsp3) is 0.810. The van der Waals surface area contributed by atoms with Crippen LogP contribution in [0.15, 0.2) is 23.3 Å². The maximum Gasteiger partial charge on any atom is 0.329 e. The molecular formula is C42H66ClNO11. The molecule has 3 heterocycles. The van der Waals surface area contributed by atoms with Crippen molar-refractivity contribution in [3.05, 3.63) is 23.3 Å². The summed E-state index contributed by atoms with van der Waals surface area (Å²) in [5, 5.41) is 23.5. The number of methoxy groups -OCH3 is 3. The Morgan fingerprint density at radius 3 is 2.24 bits per heavy atom. The van der Waals surface area contributed by atoms with Crippen LogP contribution in [-0.4, -0.2) is 120 Å². The molecule has 4 aliphatic rings. The molecule has 1 aliphatic carbocycles. The van der Waals surface area contributed by atoms with Crippen LogP contribution in [0.3, 0.4) is 0 Å². The molecule has 0 unspecified atom stereocenters. The van der Waals surface area contributed by atoms with Gasteiger partial charge in [0.25, 0.3) is 11.7 Å². The molecule has 1 saturated carbocycles. The number of nitrogens with zero attached hydrogens (tertiary/aromatic N) is 1. The van der Waals surface area contributed by atoms with Gasteiger partial charge in [-0.05, 0) is 89.0 Å². The van der Waals surface area contributed by atoms with Crippen molar-refractivity contribution in [3.8, 4) is 0 Å². The number of Topliss-reactive ketones (excluding diaryl/α,β-unsaturated/α-hetero) is 2. The summed E-state index contributed by atoms with van der Waals surface area (Å²) in [5.74, 6) is -7.40. The average molecular weight is 796 g/mol. The molecule has 0 spiro atoms. The number of rotatable bonds is 5. The average Bonchev–Trinajstić information content (AvgIpc) is 3.15. The van der Waals surface area contributed by atoms with Crippen molar-refractivity contribution in [1.82, 2.24) is 4.90 Å². The van der Waals surface area contributed by atoms with Crippen LogP contribution in [0.25, 0.3) is 0 Å². The van der Waals surface area contributed by atoms with Crippen LogP contribution in [0.2, 0.25) is 0 Å². The van der Waals surface area contributed by atoms with E-state index in [0.29, 0.717) is 37.7 Å². The van der Waals surface area contributed by atoms with Gasteiger partial charge in [-0.3, -0.25) is 14.4 Å². The number of carbonyl (C=O) groups is 4. The molecule has 0 radical (unpaired) electrons. The molecule has 14 atom stereocenters. The number of piperidine rings is 1. The number of allylic oxidation sites excluding steroid dienone is 3. The third-order valence-corrected chi connectivity index (χ3v) is 13.0. The Hall–Kier alpha value is -2.19. The summed E-state index contributed by atoms with van der Waals surface area (Å²) in [6, 6.07) is -1.11. The monoisotopic (exact) mass is 795 g/mol. The van der Waals surface area contributed by atoms with E-state index in [2.05, 4.69) is 0 Å². The van der Waals surface area contributed by atoms with Crippen LogP contribution >= 0.6 is 11.6 Å². The maximum atomic E-state index is 14.2. The number of fused-ring (bicyclic) bond motifs is 3. The van der Waals surface area contributed by atoms with Crippen LogP contribution in [0, 0.1) is 29.6 Å². The first-order chi connectivity index (χ1) is 25.9. The Morgan fingerprint density at radius 2 is 1.58 bits per heavy atom. The second kappa shape index (κ2) is 20.0. The number of hydrogen-bond donors (Lipinski definition) is 2. The molecule has 0 aromatic rings. The summed E-state index contributed by atoms with van der Waals surface area (Å²) >= 11 is 6.51. The van der Waals surface area contributed by atoms with Gasteiger partial charge in [0.1, 0.15) is 24.0 Å².